The van der Waals surface area contributed by atoms with Crippen molar-refractivity contribution in [2.75, 3.05) is 31.6 Å². The van der Waals surface area contributed by atoms with Gasteiger partial charge in [-0.25, -0.2) is 4.79 Å². The molecule has 3 aliphatic rings. The third-order valence-corrected chi connectivity index (χ3v) is 7.08. The van der Waals surface area contributed by atoms with Gasteiger partial charge in [0.2, 0.25) is 0 Å². The molecule has 2 saturated heterocycles. The van der Waals surface area contributed by atoms with Crippen LogP contribution in [0.1, 0.15) is 48.4 Å². The second-order valence-electron chi connectivity index (χ2n) is 9.30. The predicted octanol–water partition coefficient (Wildman–Crippen LogP) is 1.37. The van der Waals surface area contributed by atoms with E-state index < -0.39 is 5.54 Å². The van der Waals surface area contributed by atoms with Gasteiger partial charge in [0.15, 0.2) is 5.82 Å². The average Bonchev–Trinajstić information content (AvgIpc) is 3.49. The quantitative estimate of drug-likeness (QED) is 0.665. The van der Waals surface area contributed by atoms with Crippen LogP contribution in [0.3, 0.4) is 0 Å². The normalized spacial score (nSPS) is 24.3. The lowest BCUT2D eigenvalue weighted by Gasteiger charge is -2.46. The molecule has 5 rings (SSSR count). The molecule has 5 heterocycles. The van der Waals surface area contributed by atoms with Crippen LogP contribution in [0.2, 0.25) is 0 Å². The fraction of sp³-hybridized carbons (Fsp3) is 0.545. The molecular formula is C22H29N7O3. The number of carbonyl (C=O) groups is 2. The Labute approximate surface area is 186 Å². The molecule has 0 spiro atoms. The van der Waals surface area contributed by atoms with Crippen molar-refractivity contribution in [1.29, 1.82) is 0 Å². The van der Waals surface area contributed by atoms with Crippen molar-refractivity contribution in [3.8, 4) is 0 Å². The van der Waals surface area contributed by atoms with Crippen LogP contribution >= 0.6 is 0 Å². The van der Waals surface area contributed by atoms with E-state index in [-0.39, 0.29) is 24.6 Å². The Balaban J connectivity index is 1.36. The number of amides is 3. The minimum absolute atomic E-state index is 0.0541. The van der Waals surface area contributed by atoms with E-state index >= 15 is 0 Å². The number of hydrogen-bond donors (Lipinski definition) is 3. The fourth-order valence-electron chi connectivity index (χ4n) is 5.23. The number of pyridine rings is 1. The number of nitrogens with one attached hydrogen (secondary N) is 2. The number of aromatic amines is 1. The maximum absolute atomic E-state index is 13.7. The zero-order valence-electron chi connectivity index (χ0n) is 18.4. The molecule has 2 aromatic rings. The molecule has 3 amide bonds. The minimum atomic E-state index is -0.625. The number of anilines is 1. The van der Waals surface area contributed by atoms with E-state index in [0.717, 1.165) is 30.6 Å². The van der Waals surface area contributed by atoms with Crippen LogP contribution in [-0.4, -0.2) is 85.3 Å². The summed E-state index contributed by atoms with van der Waals surface area (Å²) in [7, 11) is 0. The van der Waals surface area contributed by atoms with Gasteiger partial charge in [-0.2, -0.15) is 5.10 Å². The number of nitrogens with zero attached hydrogens (tertiary/aromatic N) is 5. The van der Waals surface area contributed by atoms with Crippen LogP contribution in [0.5, 0.6) is 0 Å². The first-order chi connectivity index (χ1) is 15.4. The molecule has 2 aromatic heterocycles. The van der Waals surface area contributed by atoms with Crippen LogP contribution in [0.4, 0.5) is 10.6 Å². The minimum Gasteiger partial charge on any atom is -0.394 e. The highest BCUT2D eigenvalue weighted by Crippen LogP contribution is 2.41. The van der Waals surface area contributed by atoms with Gasteiger partial charge in [0.1, 0.15) is 5.69 Å². The molecule has 10 heteroatoms. The van der Waals surface area contributed by atoms with E-state index in [9.17, 15) is 14.7 Å². The largest absolute Gasteiger partial charge is 0.394 e. The summed E-state index contributed by atoms with van der Waals surface area (Å²) in [5.74, 6) is 0.0681. The average molecular weight is 440 g/mol. The van der Waals surface area contributed by atoms with Crippen molar-refractivity contribution in [2.24, 2.45) is 0 Å². The van der Waals surface area contributed by atoms with Crippen molar-refractivity contribution in [1.82, 2.24) is 29.9 Å². The van der Waals surface area contributed by atoms with Crippen molar-refractivity contribution in [3.05, 3.63) is 41.3 Å². The molecule has 2 fully saturated rings. The Morgan fingerprint density at radius 1 is 1.31 bits per heavy atom. The van der Waals surface area contributed by atoms with Crippen LogP contribution in [0.15, 0.2) is 24.4 Å². The first-order valence-electron chi connectivity index (χ1n) is 11.1. The van der Waals surface area contributed by atoms with Gasteiger partial charge < -0.3 is 20.2 Å². The monoisotopic (exact) mass is 439 g/mol. The molecule has 0 radical (unpaired) electrons. The lowest BCUT2D eigenvalue weighted by molar-refractivity contribution is 0.0199. The Morgan fingerprint density at radius 3 is 2.91 bits per heavy atom. The van der Waals surface area contributed by atoms with Crippen molar-refractivity contribution in [2.45, 2.75) is 50.9 Å². The molecule has 3 aliphatic heterocycles. The maximum Gasteiger partial charge on any atom is 0.321 e. The second-order valence-corrected chi connectivity index (χ2v) is 9.30. The Hall–Kier alpha value is -2.98. The molecule has 2 atom stereocenters. The van der Waals surface area contributed by atoms with Gasteiger partial charge in [0, 0.05) is 30.9 Å². The number of piperazine rings is 1. The third-order valence-electron chi connectivity index (χ3n) is 7.08. The number of urea groups is 1. The fourth-order valence-corrected chi connectivity index (χ4v) is 5.23. The molecule has 0 bridgehead atoms. The number of aromatic nitrogens is 3. The Kier molecular flexibility index (Phi) is 5.13. The molecule has 0 aliphatic carbocycles. The molecule has 10 nitrogen and oxygen atoms in total. The highest BCUT2D eigenvalue weighted by Gasteiger charge is 2.48. The molecule has 0 aromatic carbocycles. The van der Waals surface area contributed by atoms with Gasteiger partial charge in [-0.3, -0.25) is 19.8 Å². The Bertz CT molecular complexity index is 1020. The topological polar surface area (TPSA) is 118 Å². The number of rotatable bonds is 3. The van der Waals surface area contributed by atoms with Crippen molar-refractivity contribution < 1.29 is 14.7 Å². The van der Waals surface area contributed by atoms with Crippen molar-refractivity contribution >= 4 is 17.8 Å². The van der Waals surface area contributed by atoms with E-state index in [1.165, 1.54) is 0 Å². The maximum atomic E-state index is 13.7. The summed E-state index contributed by atoms with van der Waals surface area (Å²) >= 11 is 0. The van der Waals surface area contributed by atoms with Crippen LogP contribution < -0.4 is 5.32 Å². The predicted molar refractivity (Wildman–Crippen MR) is 117 cm³/mol. The van der Waals surface area contributed by atoms with E-state index in [2.05, 4.69) is 25.4 Å². The summed E-state index contributed by atoms with van der Waals surface area (Å²) in [5, 5.41) is 20.1. The smallest absolute Gasteiger partial charge is 0.321 e. The zero-order valence-corrected chi connectivity index (χ0v) is 18.4. The van der Waals surface area contributed by atoms with E-state index in [1.54, 1.807) is 29.3 Å². The SMILES string of the molecule is CC1(C)c2[nH]nc(NC(=O)c3ccccn3)c2CN1C(=O)N1C[C@@H]2CCCN2C[C@@H]1CO. The molecule has 0 unspecified atom stereocenters. The van der Waals surface area contributed by atoms with Gasteiger partial charge in [-0.15, -0.1) is 0 Å². The van der Waals surface area contributed by atoms with Gasteiger partial charge in [0.05, 0.1) is 30.4 Å². The van der Waals surface area contributed by atoms with E-state index in [0.29, 0.717) is 37.2 Å². The van der Waals surface area contributed by atoms with E-state index in [1.807, 2.05) is 18.7 Å². The lowest BCUT2D eigenvalue weighted by Crippen LogP contribution is -2.62. The van der Waals surface area contributed by atoms with Crippen LogP contribution in [0, 0.1) is 0 Å². The first-order valence-corrected chi connectivity index (χ1v) is 11.1. The summed E-state index contributed by atoms with van der Waals surface area (Å²) < 4.78 is 0. The molecular weight excluding hydrogens is 410 g/mol. The summed E-state index contributed by atoms with van der Waals surface area (Å²) in [4.78, 5) is 36.4. The van der Waals surface area contributed by atoms with Crippen LogP contribution in [0.25, 0.3) is 0 Å². The summed E-state index contributed by atoms with van der Waals surface area (Å²) in [5.41, 5.74) is 1.28. The number of carbonyl (C=O) groups excluding carboxylic acids is 2. The number of fused-ring (bicyclic) bond motifs is 2. The van der Waals surface area contributed by atoms with Gasteiger partial charge in [-0.05, 0) is 45.4 Å². The summed E-state index contributed by atoms with van der Waals surface area (Å²) in [6, 6.07) is 5.20. The lowest BCUT2D eigenvalue weighted by atomic mass is 10.0. The first kappa shape index (κ1) is 20.9. The van der Waals surface area contributed by atoms with Gasteiger partial charge >= 0.3 is 6.03 Å². The summed E-state index contributed by atoms with van der Waals surface area (Å²) in [6.07, 6.45) is 3.78. The number of aliphatic hydroxyl groups excluding tert-OH is 1. The highest BCUT2D eigenvalue weighted by atomic mass is 16.3. The van der Waals surface area contributed by atoms with Crippen molar-refractivity contribution in [3.63, 3.8) is 0 Å². The Morgan fingerprint density at radius 2 is 2.16 bits per heavy atom. The number of hydrogen-bond acceptors (Lipinski definition) is 6. The molecule has 0 saturated carbocycles. The third kappa shape index (κ3) is 3.34. The zero-order chi connectivity index (χ0) is 22.5. The molecule has 32 heavy (non-hydrogen) atoms. The molecule has 170 valence electrons. The molecule has 3 N–H and O–H groups in total. The van der Waals surface area contributed by atoms with Gasteiger partial charge in [-0.1, -0.05) is 6.07 Å². The summed E-state index contributed by atoms with van der Waals surface area (Å²) in [6.45, 7) is 6.59. The standard InChI is InChI=1S/C22H29N7O3/c1-22(2)18-16(19(26-25-18)24-20(31)17-7-3-4-8-23-17)12-29(22)21(32)28-11-14-6-5-9-27(14)10-15(28)13-30/h3-4,7-8,14-15,30H,5-6,9-13H2,1-2H3,(H2,24,25,26,31)/t14-,15+/m0/s1. The highest BCUT2D eigenvalue weighted by molar-refractivity contribution is 6.02. The number of aliphatic hydroxyl groups is 1. The van der Waals surface area contributed by atoms with E-state index in [4.69, 9.17) is 0 Å². The number of H-pyrrole nitrogens is 1. The second kappa shape index (κ2) is 7.86. The van der Waals surface area contributed by atoms with Gasteiger partial charge in [0.25, 0.3) is 5.91 Å². The van der Waals surface area contributed by atoms with Crippen LogP contribution in [-0.2, 0) is 12.1 Å².